The highest BCUT2D eigenvalue weighted by Crippen LogP contribution is 2.35. The van der Waals surface area contributed by atoms with Gasteiger partial charge in [0.1, 0.15) is 5.75 Å². The minimum Gasteiger partial charge on any atom is -0.446 e. The molecule has 27 heavy (non-hydrogen) atoms. The van der Waals surface area contributed by atoms with Crippen LogP contribution in [0, 0.1) is 10.1 Å². The molecule has 0 unspecified atom stereocenters. The fourth-order valence-electron chi connectivity index (χ4n) is 2.54. The third-order valence-corrected chi connectivity index (χ3v) is 3.73. The van der Waals surface area contributed by atoms with Gasteiger partial charge in [0.05, 0.1) is 10.5 Å². The van der Waals surface area contributed by atoms with E-state index >= 15 is 0 Å². The van der Waals surface area contributed by atoms with Crippen molar-refractivity contribution >= 4 is 23.5 Å². The van der Waals surface area contributed by atoms with Crippen molar-refractivity contribution < 1.29 is 24.0 Å². The molecule has 0 bridgehead atoms. The lowest BCUT2D eigenvalue weighted by atomic mass is 10.1. The van der Waals surface area contributed by atoms with E-state index in [9.17, 15) is 19.7 Å². The number of ether oxygens (including phenoxy) is 2. The average molecular weight is 369 g/mol. The van der Waals surface area contributed by atoms with E-state index in [4.69, 9.17) is 9.47 Å². The van der Waals surface area contributed by atoms with Crippen LogP contribution in [0.1, 0.15) is 31.2 Å². The Morgan fingerprint density at radius 2 is 1.81 bits per heavy atom. The second-order valence-electron chi connectivity index (χ2n) is 5.67. The normalized spacial score (nSPS) is 15.7. The number of carbonyl (C=O) groups is 2. The van der Waals surface area contributed by atoms with Crippen LogP contribution < -0.4 is 4.74 Å². The topological polar surface area (TPSA) is 111 Å². The lowest BCUT2D eigenvalue weighted by Gasteiger charge is -2.21. The highest BCUT2D eigenvalue weighted by Gasteiger charge is 2.35. The summed E-state index contributed by atoms with van der Waals surface area (Å²) in [6, 6.07) is 12.3. The van der Waals surface area contributed by atoms with Gasteiger partial charge in [-0.2, -0.15) is 5.01 Å². The lowest BCUT2D eigenvalue weighted by Crippen LogP contribution is -2.26. The first-order valence-electron chi connectivity index (χ1n) is 7.94. The monoisotopic (exact) mass is 369 g/mol. The minimum atomic E-state index is -0.928. The van der Waals surface area contributed by atoms with Crippen LogP contribution in [0.3, 0.4) is 0 Å². The van der Waals surface area contributed by atoms with Crippen LogP contribution in [-0.2, 0) is 14.3 Å². The number of hydrazone groups is 1. The van der Waals surface area contributed by atoms with Gasteiger partial charge in [-0.3, -0.25) is 19.7 Å². The van der Waals surface area contributed by atoms with Gasteiger partial charge in [-0.05, 0) is 24.3 Å². The number of benzene rings is 2. The number of nitro groups is 1. The second-order valence-corrected chi connectivity index (χ2v) is 5.67. The van der Waals surface area contributed by atoms with Gasteiger partial charge in [-0.15, -0.1) is 5.10 Å². The number of hydrogen-bond acceptors (Lipinski definition) is 7. The van der Waals surface area contributed by atoms with Gasteiger partial charge in [-0.25, -0.2) is 0 Å². The third kappa shape index (κ3) is 3.76. The molecule has 0 saturated carbocycles. The van der Waals surface area contributed by atoms with E-state index in [1.165, 1.54) is 38.1 Å². The smallest absolute Gasteiger partial charge is 0.308 e. The van der Waals surface area contributed by atoms with Crippen molar-refractivity contribution in [2.75, 3.05) is 0 Å². The van der Waals surface area contributed by atoms with Crippen molar-refractivity contribution in [3.63, 3.8) is 0 Å². The number of nitrogens with zero attached hydrogens (tertiary/aromatic N) is 3. The molecule has 0 aromatic heterocycles. The predicted octanol–water partition coefficient (Wildman–Crippen LogP) is 2.76. The molecule has 1 aliphatic heterocycles. The molecule has 3 rings (SSSR count). The van der Waals surface area contributed by atoms with E-state index in [1.54, 1.807) is 24.3 Å². The summed E-state index contributed by atoms with van der Waals surface area (Å²) in [6.45, 7) is 2.60. The van der Waals surface area contributed by atoms with Gasteiger partial charge in [-0.1, -0.05) is 12.1 Å². The molecule has 1 amide bonds. The van der Waals surface area contributed by atoms with Crippen LogP contribution in [0.4, 0.5) is 5.69 Å². The van der Waals surface area contributed by atoms with Crippen LogP contribution >= 0.6 is 0 Å². The van der Waals surface area contributed by atoms with Crippen LogP contribution in [-0.4, -0.2) is 27.7 Å². The van der Waals surface area contributed by atoms with Crippen molar-refractivity contribution in [1.82, 2.24) is 5.01 Å². The molecule has 2 aromatic rings. The zero-order valence-electron chi connectivity index (χ0n) is 14.5. The number of hydrogen-bond donors (Lipinski definition) is 0. The van der Waals surface area contributed by atoms with E-state index in [1.807, 2.05) is 0 Å². The number of para-hydroxylation sites is 1. The first-order valence-corrected chi connectivity index (χ1v) is 7.94. The van der Waals surface area contributed by atoms with Crippen molar-refractivity contribution in [3.05, 3.63) is 69.8 Å². The van der Waals surface area contributed by atoms with Gasteiger partial charge in [0.15, 0.2) is 0 Å². The number of amides is 1. The molecule has 9 nitrogen and oxygen atoms in total. The number of non-ortho nitro benzene ring substituents is 1. The fourth-order valence-corrected chi connectivity index (χ4v) is 2.54. The molecule has 0 spiro atoms. The number of nitro benzene ring substituents is 1. The van der Waals surface area contributed by atoms with Crippen molar-refractivity contribution in [2.45, 2.75) is 20.1 Å². The predicted molar refractivity (Wildman–Crippen MR) is 93.7 cm³/mol. The van der Waals surface area contributed by atoms with Crippen molar-refractivity contribution in [1.29, 1.82) is 0 Å². The average Bonchev–Trinajstić information content (AvgIpc) is 3.07. The summed E-state index contributed by atoms with van der Waals surface area (Å²) >= 11 is 0. The van der Waals surface area contributed by atoms with E-state index in [0.717, 1.165) is 5.01 Å². The maximum atomic E-state index is 12.0. The summed E-state index contributed by atoms with van der Waals surface area (Å²) < 4.78 is 11.0. The molecule has 0 aliphatic carbocycles. The summed E-state index contributed by atoms with van der Waals surface area (Å²) in [4.78, 5) is 33.6. The summed E-state index contributed by atoms with van der Waals surface area (Å²) in [5, 5.41) is 16.1. The van der Waals surface area contributed by atoms with Gasteiger partial charge >= 0.3 is 5.97 Å². The molecule has 1 atom stereocenters. The highest BCUT2D eigenvalue weighted by molar-refractivity contribution is 5.96. The Labute approximate surface area is 154 Å². The Bertz CT molecular complexity index is 938. The van der Waals surface area contributed by atoms with E-state index in [0.29, 0.717) is 11.1 Å². The van der Waals surface area contributed by atoms with Gasteiger partial charge < -0.3 is 9.47 Å². The molecule has 1 heterocycles. The first-order chi connectivity index (χ1) is 12.9. The first kappa shape index (κ1) is 18.1. The number of carbonyl (C=O) groups excluding carboxylic acids is 2. The Kier molecular flexibility index (Phi) is 4.84. The molecule has 138 valence electrons. The van der Waals surface area contributed by atoms with Crippen molar-refractivity contribution in [2.24, 2.45) is 5.10 Å². The minimum absolute atomic E-state index is 0.0717. The Morgan fingerprint density at radius 3 is 2.41 bits per heavy atom. The van der Waals surface area contributed by atoms with Crippen molar-refractivity contribution in [3.8, 4) is 5.75 Å². The highest BCUT2D eigenvalue weighted by atomic mass is 16.6. The SMILES string of the molecule is CC(=O)Oc1ccccc1[C@@H]1OC(c2ccc([N+](=O)[O-])cc2)=NN1C(C)=O. The molecule has 9 heteroatoms. The number of rotatable bonds is 4. The van der Waals surface area contributed by atoms with Gasteiger partial charge in [0, 0.05) is 31.5 Å². The molecular weight excluding hydrogens is 354 g/mol. The van der Waals surface area contributed by atoms with E-state index < -0.39 is 17.1 Å². The quantitative estimate of drug-likeness (QED) is 0.355. The standard InChI is InChI=1S/C18H15N3O6/c1-11(22)20-18(15-5-3-4-6-16(15)26-12(2)23)27-17(19-20)13-7-9-14(10-8-13)21(24)25/h3-10,18H,1-2H3/t18-/m0/s1. The fraction of sp³-hybridized carbons (Fsp3) is 0.167. The molecule has 2 aromatic carbocycles. The molecule has 0 fully saturated rings. The Morgan fingerprint density at radius 1 is 1.15 bits per heavy atom. The van der Waals surface area contributed by atoms with E-state index in [2.05, 4.69) is 5.10 Å². The Balaban J connectivity index is 1.94. The van der Waals surface area contributed by atoms with Crippen LogP contribution in [0.5, 0.6) is 5.75 Å². The lowest BCUT2D eigenvalue weighted by molar-refractivity contribution is -0.384. The maximum absolute atomic E-state index is 12.0. The summed E-state index contributed by atoms with van der Waals surface area (Å²) in [5.41, 5.74) is 0.848. The van der Waals surface area contributed by atoms with Gasteiger partial charge in [0.2, 0.25) is 18.0 Å². The van der Waals surface area contributed by atoms with Crippen LogP contribution in [0.15, 0.2) is 53.6 Å². The Hall–Kier alpha value is -3.75. The second kappa shape index (κ2) is 7.24. The zero-order valence-corrected chi connectivity index (χ0v) is 14.5. The third-order valence-electron chi connectivity index (χ3n) is 3.73. The van der Waals surface area contributed by atoms with Crippen LogP contribution in [0.25, 0.3) is 0 Å². The molecule has 0 radical (unpaired) electrons. The summed E-state index contributed by atoms with van der Waals surface area (Å²) in [5.74, 6) is -0.509. The number of esters is 1. The largest absolute Gasteiger partial charge is 0.446 e. The molecule has 0 saturated heterocycles. The molecular formula is C18H15N3O6. The van der Waals surface area contributed by atoms with Crippen LogP contribution in [0.2, 0.25) is 0 Å². The summed E-state index contributed by atoms with van der Waals surface area (Å²) in [7, 11) is 0. The van der Waals surface area contributed by atoms with Gasteiger partial charge in [0.25, 0.3) is 5.69 Å². The summed E-state index contributed by atoms with van der Waals surface area (Å²) in [6.07, 6.45) is -0.928. The molecule has 0 N–H and O–H groups in total. The maximum Gasteiger partial charge on any atom is 0.308 e. The molecule has 1 aliphatic rings. The zero-order chi connectivity index (χ0) is 19.6. The van der Waals surface area contributed by atoms with E-state index in [-0.39, 0.29) is 23.2 Å².